The molecule has 0 N–H and O–H groups in total. The van der Waals surface area contributed by atoms with Gasteiger partial charge in [0.2, 0.25) is 5.91 Å². The summed E-state index contributed by atoms with van der Waals surface area (Å²) in [6.07, 6.45) is 1.54. The molecule has 1 aromatic carbocycles. The molecule has 1 aromatic heterocycles. The van der Waals surface area contributed by atoms with E-state index in [2.05, 4.69) is 11.1 Å². The van der Waals surface area contributed by atoms with Crippen LogP contribution >= 0.6 is 0 Å². The third kappa shape index (κ3) is 3.08. The summed E-state index contributed by atoms with van der Waals surface area (Å²) in [5.74, 6) is -0.133. The Morgan fingerprint density at radius 3 is 2.82 bits per heavy atom. The van der Waals surface area contributed by atoms with E-state index >= 15 is 0 Å². The molecule has 1 saturated heterocycles. The first kappa shape index (κ1) is 14.5. The minimum absolute atomic E-state index is 0.00203. The van der Waals surface area contributed by atoms with Crippen molar-refractivity contribution in [1.82, 2.24) is 9.88 Å². The van der Waals surface area contributed by atoms with E-state index in [9.17, 15) is 9.18 Å². The van der Waals surface area contributed by atoms with Crippen molar-refractivity contribution in [3.63, 3.8) is 0 Å². The lowest BCUT2D eigenvalue weighted by Gasteiger charge is -2.35. The van der Waals surface area contributed by atoms with Crippen molar-refractivity contribution in [3.05, 3.63) is 59.5 Å². The molecule has 22 heavy (non-hydrogen) atoms. The number of nitrogens with zero attached hydrogens (tertiary/aromatic N) is 3. The van der Waals surface area contributed by atoms with Crippen LogP contribution in [0.1, 0.15) is 11.1 Å². The Bertz CT molecular complexity index is 689. The van der Waals surface area contributed by atoms with E-state index < -0.39 is 0 Å². The summed E-state index contributed by atoms with van der Waals surface area (Å²) in [7, 11) is 0. The highest BCUT2D eigenvalue weighted by molar-refractivity contribution is 5.82. The van der Waals surface area contributed by atoms with Crippen LogP contribution in [0.25, 0.3) is 0 Å². The molecule has 0 atom stereocenters. The van der Waals surface area contributed by atoms with Crippen LogP contribution in [0.5, 0.6) is 0 Å². The number of carbonyl (C=O) groups excluding carboxylic acids is 1. The number of hydrogen-bond donors (Lipinski definition) is 0. The zero-order valence-corrected chi connectivity index (χ0v) is 12.5. The van der Waals surface area contributed by atoms with E-state index in [1.165, 1.54) is 11.6 Å². The Kier molecular flexibility index (Phi) is 4.04. The molecule has 3 rings (SSSR count). The van der Waals surface area contributed by atoms with Gasteiger partial charge in [0.05, 0.1) is 6.54 Å². The van der Waals surface area contributed by atoms with Gasteiger partial charge in [-0.05, 0) is 24.6 Å². The molecule has 0 saturated carbocycles. The van der Waals surface area contributed by atoms with Crippen LogP contribution in [-0.4, -0.2) is 35.4 Å². The van der Waals surface area contributed by atoms with E-state index in [0.717, 1.165) is 5.56 Å². The minimum atomic E-state index is -0.387. The Balaban J connectivity index is 1.68. The topological polar surface area (TPSA) is 36.4 Å². The number of benzene rings is 1. The molecule has 2 heterocycles. The first-order valence-corrected chi connectivity index (χ1v) is 7.32. The lowest BCUT2D eigenvalue weighted by molar-refractivity contribution is -0.131. The predicted octanol–water partition coefficient (Wildman–Crippen LogP) is 2.38. The number of hydrogen-bond acceptors (Lipinski definition) is 3. The van der Waals surface area contributed by atoms with Crippen LogP contribution in [0, 0.1) is 12.7 Å². The zero-order valence-electron chi connectivity index (χ0n) is 12.5. The third-order valence-electron chi connectivity index (χ3n) is 3.81. The molecule has 0 radical (unpaired) electrons. The Morgan fingerprint density at radius 1 is 1.23 bits per heavy atom. The van der Waals surface area contributed by atoms with Crippen LogP contribution < -0.4 is 4.90 Å². The molecule has 1 fully saturated rings. The molecular weight excluding hydrogens is 281 g/mol. The summed E-state index contributed by atoms with van der Waals surface area (Å²) in [5, 5.41) is 0. The summed E-state index contributed by atoms with van der Waals surface area (Å²) in [6.45, 7) is 3.96. The van der Waals surface area contributed by atoms with Crippen molar-refractivity contribution in [2.24, 2.45) is 0 Å². The fourth-order valence-corrected chi connectivity index (χ4v) is 2.70. The minimum Gasteiger partial charge on any atom is -0.343 e. The van der Waals surface area contributed by atoms with Crippen molar-refractivity contribution in [3.8, 4) is 0 Å². The molecule has 1 aliphatic heterocycles. The van der Waals surface area contributed by atoms with Gasteiger partial charge in [-0.15, -0.1) is 0 Å². The number of anilines is 1. The highest BCUT2D eigenvalue weighted by Crippen LogP contribution is 2.18. The average molecular weight is 299 g/mol. The van der Waals surface area contributed by atoms with Crippen molar-refractivity contribution >= 4 is 11.7 Å². The first-order chi connectivity index (χ1) is 10.6. The highest BCUT2D eigenvalue weighted by atomic mass is 19.1. The highest BCUT2D eigenvalue weighted by Gasteiger charge is 2.26. The molecule has 1 aliphatic rings. The maximum atomic E-state index is 13.8. The second-order valence-electron chi connectivity index (χ2n) is 5.53. The standard InChI is InChI=1S/C17H18FN3O/c1-13-4-2-5-14(10-13)11-20-8-9-21(12-16(20)22)17-15(18)6-3-7-19-17/h2-7,10H,8-9,11-12H2,1H3. The number of amides is 1. The molecule has 0 unspecified atom stereocenters. The molecule has 0 bridgehead atoms. The second-order valence-corrected chi connectivity index (χ2v) is 5.53. The van der Waals surface area contributed by atoms with Gasteiger partial charge >= 0.3 is 0 Å². The van der Waals surface area contributed by atoms with Crippen molar-refractivity contribution in [2.45, 2.75) is 13.5 Å². The van der Waals surface area contributed by atoms with Crippen molar-refractivity contribution < 1.29 is 9.18 Å². The lowest BCUT2D eigenvalue weighted by atomic mass is 10.1. The third-order valence-corrected chi connectivity index (χ3v) is 3.81. The van der Waals surface area contributed by atoms with Gasteiger partial charge in [0.15, 0.2) is 11.6 Å². The van der Waals surface area contributed by atoms with Gasteiger partial charge in [-0.2, -0.15) is 0 Å². The second kappa shape index (κ2) is 6.13. The quantitative estimate of drug-likeness (QED) is 0.873. The summed E-state index contributed by atoms with van der Waals surface area (Å²) in [6, 6.07) is 11.0. The van der Waals surface area contributed by atoms with Crippen LogP contribution in [0.3, 0.4) is 0 Å². The number of carbonyl (C=O) groups is 1. The number of piperazine rings is 1. The van der Waals surface area contributed by atoms with Crippen molar-refractivity contribution in [1.29, 1.82) is 0 Å². The van der Waals surface area contributed by atoms with Crippen molar-refractivity contribution in [2.75, 3.05) is 24.5 Å². The van der Waals surface area contributed by atoms with Gasteiger partial charge in [-0.3, -0.25) is 4.79 Å². The van der Waals surface area contributed by atoms with Gasteiger partial charge in [-0.1, -0.05) is 29.8 Å². The normalized spacial score (nSPS) is 15.3. The number of pyridine rings is 1. The summed E-state index contributed by atoms with van der Waals surface area (Å²) < 4.78 is 13.8. The van der Waals surface area contributed by atoms with Gasteiger partial charge in [0.1, 0.15) is 0 Å². The van der Waals surface area contributed by atoms with Gasteiger partial charge in [0, 0.05) is 25.8 Å². The summed E-state index contributed by atoms with van der Waals surface area (Å²) in [5.41, 5.74) is 2.30. The number of aromatic nitrogens is 1. The van der Waals surface area contributed by atoms with Crippen LogP contribution in [0.2, 0.25) is 0 Å². The molecular formula is C17H18FN3O. The Hall–Kier alpha value is -2.43. The van der Waals surface area contributed by atoms with E-state index in [4.69, 9.17) is 0 Å². The number of aryl methyl sites for hydroxylation is 1. The number of halogens is 1. The largest absolute Gasteiger partial charge is 0.343 e. The van der Waals surface area contributed by atoms with Gasteiger partial charge < -0.3 is 9.80 Å². The van der Waals surface area contributed by atoms with E-state index in [1.54, 1.807) is 17.2 Å². The SMILES string of the molecule is Cc1cccc(CN2CCN(c3ncccc3F)CC2=O)c1. The van der Waals surface area contributed by atoms with Crippen LogP contribution in [-0.2, 0) is 11.3 Å². The smallest absolute Gasteiger partial charge is 0.242 e. The van der Waals surface area contributed by atoms with Gasteiger partial charge in [0.25, 0.3) is 0 Å². The lowest BCUT2D eigenvalue weighted by Crippen LogP contribution is -2.50. The first-order valence-electron chi connectivity index (χ1n) is 7.32. The Labute approximate surface area is 129 Å². The van der Waals surface area contributed by atoms with Crippen LogP contribution in [0.4, 0.5) is 10.2 Å². The van der Waals surface area contributed by atoms with E-state index in [-0.39, 0.29) is 24.1 Å². The monoisotopic (exact) mass is 299 g/mol. The van der Waals surface area contributed by atoms with E-state index in [1.807, 2.05) is 30.0 Å². The predicted molar refractivity (Wildman–Crippen MR) is 83.0 cm³/mol. The Morgan fingerprint density at radius 2 is 2.09 bits per heavy atom. The molecule has 2 aromatic rings. The average Bonchev–Trinajstić information content (AvgIpc) is 2.50. The fraction of sp³-hybridized carbons (Fsp3) is 0.294. The maximum absolute atomic E-state index is 13.8. The fourth-order valence-electron chi connectivity index (χ4n) is 2.70. The molecule has 114 valence electrons. The molecule has 4 nitrogen and oxygen atoms in total. The van der Waals surface area contributed by atoms with Crippen LogP contribution in [0.15, 0.2) is 42.6 Å². The molecule has 0 spiro atoms. The maximum Gasteiger partial charge on any atom is 0.242 e. The number of rotatable bonds is 3. The molecule has 5 heteroatoms. The molecule has 1 amide bonds. The summed E-state index contributed by atoms with van der Waals surface area (Å²) in [4.78, 5) is 19.9. The van der Waals surface area contributed by atoms with E-state index in [0.29, 0.717) is 19.6 Å². The van der Waals surface area contributed by atoms with Gasteiger partial charge in [-0.25, -0.2) is 9.37 Å². The summed E-state index contributed by atoms with van der Waals surface area (Å²) >= 11 is 0. The zero-order chi connectivity index (χ0) is 15.5. The molecule has 0 aliphatic carbocycles.